The number of rotatable bonds is 9. The molecule has 0 unspecified atom stereocenters. The van der Waals surface area contributed by atoms with E-state index in [1.807, 2.05) is 6.92 Å². The summed E-state index contributed by atoms with van der Waals surface area (Å²) in [6, 6.07) is 6.46. The molecule has 0 aromatic heterocycles. The molecule has 0 saturated carbocycles. The SMILES string of the molecule is CCNC(=O)N(CCOC)Cc1ccc(OS(=O)(=O)CC)cc1. The van der Waals surface area contributed by atoms with Crippen LogP contribution in [0.3, 0.4) is 0 Å². The van der Waals surface area contributed by atoms with Gasteiger partial charge in [0.05, 0.1) is 12.4 Å². The Morgan fingerprint density at radius 1 is 1.22 bits per heavy atom. The first-order valence-corrected chi connectivity index (χ1v) is 9.02. The van der Waals surface area contributed by atoms with E-state index in [2.05, 4.69) is 5.32 Å². The zero-order chi connectivity index (χ0) is 17.3. The summed E-state index contributed by atoms with van der Waals surface area (Å²) >= 11 is 0. The van der Waals surface area contributed by atoms with Gasteiger partial charge in [0.15, 0.2) is 0 Å². The molecule has 2 amide bonds. The Hall–Kier alpha value is -1.80. The van der Waals surface area contributed by atoms with Crippen molar-refractivity contribution >= 4 is 16.1 Å². The Kier molecular flexibility index (Phi) is 7.84. The molecule has 0 saturated heterocycles. The molecule has 0 aliphatic carbocycles. The van der Waals surface area contributed by atoms with E-state index in [4.69, 9.17) is 8.92 Å². The van der Waals surface area contributed by atoms with Crippen molar-refractivity contribution in [1.29, 1.82) is 0 Å². The van der Waals surface area contributed by atoms with Crippen molar-refractivity contribution in [2.24, 2.45) is 0 Å². The van der Waals surface area contributed by atoms with Gasteiger partial charge >= 0.3 is 16.1 Å². The number of hydrogen-bond acceptors (Lipinski definition) is 5. The summed E-state index contributed by atoms with van der Waals surface area (Å²) in [5, 5.41) is 2.75. The predicted octanol–water partition coefficient (Wildman–Crippen LogP) is 1.59. The van der Waals surface area contributed by atoms with Crippen LogP contribution < -0.4 is 9.50 Å². The monoisotopic (exact) mass is 344 g/mol. The number of hydrogen-bond donors (Lipinski definition) is 1. The van der Waals surface area contributed by atoms with Crippen LogP contribution in [0.5, 0.6) is 5.75 Å². The van der Waals surface area contributed by atoms with E-state index in [-0.39, 0.29) is 17.5 Å². The third-order valence-corrected chi connectivity index (χ3v) is 4.21. The molecule has 0 aliphatic heterocycles. The van der Waals surface area contributed by atoms with E-state index >= 15 is 0 Å². The number of methoxy groups -OCH3 is 1. The maximum atomic E-state index is 12.0. The summed E-state index contributed by atoms with van der Waals surface area (Å²) in [5.74, 6) is 0.175. The molecule has 0 radical (unpaired) electrons. The van der Waals surface area contributed by atoms with Crippen LogP contribution in [-0.2, 0) is 21.4 Å². The summed E-state index contributed by atoms with van der Waals surface area (Å²) < 4.78 is 32.8. The Morgan fingerprint density at radius 3 is 2.39 bits per heavy atom. The lowest BCUT2D eigenvalue weighted by molar-refractivity contribution is 0.147. The van der Waals surface area contributed by atoms with Gasteiger partial charge in [0.25, 0.3) is 0 Å². The minimum Gasteiger partial charge on any atom is -0.383 e. The molecule has 130 valence electrons. The lowest BCUT2D eigenvalue weighted by Gasteiger charge is -2.22. The summed E-state index contributed by atoms with van der Waals surface area (Å²) in [7, 11) is -1.95. The minimum atomic E-state index is -3.53. The molecule has 1 N–H and O–H groups in total. The molecular formula is C15H24N2O5S. The van der Waals surface area contributed by atoms with Crippen molar-refractivity contribution in [3.8, 4) is 5.75 Å². The van der Waals surface area contributed by atoms with Gasteiger partial charge in [-0.15, -0.1) is 0 Å². The Bertz CT molecular complexity index is 586. The molecule has 1 aromatic carbocycles. The number of urea groups is 1. The molecule has 0 aliphatic rings. The second-order valence-electron chi connectivity index (χ2n) is 4.82. The van der Waals surface area contributed by atoms with Gasteiger partial charge in [0.2, 0.25) is 0 Å². The van der Waals surface area contributed by atoms with E-state index in [1.54, 1.807) is 36.3 Å². The van der Waals surface area contributed by atoms with E-state index in [0.717, 1.165) is 5.56 Å². The molecule has 23 heavy (non-hydrogen) atoms. The molecule has 1 aromatic rings. The van der Waals surface area contributed by atoms with Gasteiger partial charge in [-0.3, -0.25) is 0 Å². The molecule has 0 fully saturated rings. The number of ether oxygens (including phenoxy) is 1. The second-order valence-corrected chi connectivity index (χ2v) is 6.68. The van der Waals surface area contributed by atoms with Crippen molar-refractivity contribution in [3.05, 3.63) is 29.8 Å². The van der Waals surface area contributed by atoms with Crippen molar-refractivity contribution < 1.29 is 22.1 Å². The van der Waals surface area contributed by atoms with Crippen LogP contribution in [0.2, 0.25) is 0 Å². The summed E-state index contributed by atoms with van der Waals surface area (Å²) in [6.45, 7) is 5.22. The highest BCUT2D eigenvalue weighted by Crippen LogP contribution is 2.16. The highest BCUT2D eigenvalue weighted by atomic mass is 32.2. The number of amides is 2. The molecule has 0 heterocycles. The average molecular weight is 344 g/mol. The van der Waals surface area contributed by atoms with Crippen molar-refractivity contribution in [3.63, 3.8) is 0 Å². The molecule has 1 rings (SSSR count). The van der Waals surface area contributed by atoms with Crippen molar-refractivity contribution in [2.75, 3.05) is 32.6 Å². The Balaban J connectivity index is 2.74. The standard InChI is InChI=1S/C15H24N2O5S/c1-4-16-15(18)17(10-11-21-3)12-13-6-8-14(9-7-13)22-23(19,20)5-2/h6-9H,4-5,10-12H2,1-3H3,(H,16,18). The lowest BCUT2D eigenvalue weighted by atomic mass is 10.2. The van der Waals surface area contributed by atoms with Crippen molar-refractivity contribution in [1.82, 2.24) is 10.2 Å². The molecular weight excluding hydrogens is 320 g/mol. The Labute approximate surface area is 137 Å². The number of benzene rings is 1. The number of carbonyl (C=O) groups excluding carboxylic acids is 1. The van der Waals surface area contributed by atoms with Crippen LogP contribution in [0, 0.1) is 0 Å². The minimum absolute atomic E-state index is 0.0866. The molecule has 0 spiro atoms. The van der Waals surface area contributed by atoms with Crippen molar-refractivity contribution in [2.45, 2.75) is 20.4 Å². The zero-order valence-corrected chi connectivity index (χ0v) is 14.6. The molecule has 0 bridgehead atoms. The quantitative estimate of drug-likeness (QED) is 0.688. The fourth-order valence-electron chi connectivity index (χ4n) is 1.79. The van der Waals surface area contributed by atoms with Gasteiger partial charge in [-0.05, 0) is 31.5 Å². The van der Waals surface area contributed by atoms with E-state index in [1.165, 1.54) is 6.92 Å². The molecule has 0 atom stereocenters. The van der Waals surface area contributed by atoms with Crippen LogP contribution in [0.4, 0.5) is 4.79 Å². The average Bonchev–Trinajstić information content (AvgIpc) is 2.53. The predicted molar refractivity (Wildman–Crippen MR) is 87.9 cm³/mol. The number of nitrogens with zero attached hydrogens (tertiary/aromatic N) is 1. The van der Waals surface area contributed by atoms with Gasteiger partial charge in [-0.2, -0.15) is 8.42 Å². The summed E-state index contributed by atoms with van der Waals surface area (Å²) in [4.78, 5) is 13.6. The summed E-state index contributed by atoms with van der Waals surface area (Å²) in [6.07, 6.45) is 0. The number of nitrogens with one attached hydrogen (secondary N) is 1. The highest BCUT2D eigenvalue weighted by Gasteiger charge is 2.13. The number of carbonyl (C=O) groups is 1. The van der Waals surface area contributed by atoms with Gasteiger partial charge in [-0.1, -0.05) is 12.1 Å². The van der Waals surface area contributed by atoms with Crippen LogP contribution >= 0.6 is 0 Å². The van der Waals surface area contributed by atoms with Gasteiger partial charge in [0, 0.05) is 26.7 Å². The molecule has 7 nitrogen and oxygen atoms in total. The maximum absolute atomic E-state index is 12.0. The van der Waals surface area contributed by atoms with Crippen LogP contribution in [-0.4, -0.2) is 51.9 Å². The van der Waals surface area contributed by atoms with E-state index in [9.17, 15) is 13.2 Å². The largest absolute Gasteiger partial charge is 0.383 e. The second kappa shape index (κ2) is 9.36. The van der Waals surface area contributed by atoms with E-state index in [0.29, 0.717) is 26.2 Å². The van der Waals surface area contributed by atoms with Gasteiger partial charge in [-0.25, -0.2) is 4.79 Å². The zero-order valence-electron chi connectivity index (χ0n) is 13.7. The van der Waals surface area contributed by atoms with Crippen LogP contribution in [0.25, 0.3) is 0 Å². The summed E-state index contributed by atoms with van der Waals surface area (Å²) in [5.41, 5.74) is 0.869. The smallest absolute Gasteiger partial charge is 0.317 e. The Morgan fingerprint density at radius 2 is 1.87 bits per heavy atom. The fraction of sp³-hybridized carbons (Fsp3) is 0.533. The fourth-order valence-corrected chi connectivity index (χ4v) is 2.32. The van der Waals surface area contributed by atoms with Crippen LogP contribution in [0.15, 0.2) is 24.3 Å². The third kappa shape index (κ3) is 6.87. The topological polar surface area (TPSA) is 84.9 Å². The third-order valence-electron chi connectivity index (χ3n) is 3.05. The van der Waals surface area contributed by atoms with Gasteiger partial charge in [0.1, 0.15) is 5.75 Å². The lowest BCUT2D eigenvalue weighted by Crippen LogP contribution is -2.41. The normalized spacial score (nSPS) is 11.1. The first kappa shape index (κ1) is 19.2. The first-order valence-electron chi connectivity index (χ1n) is 7.44. The van der Waals surface area contributed by atoms with Gasteiger partial charge < -0.3 is 19.1 Å². The maximum Gasteiger partial charge on any atom is 0.317 e. The molecule has 8 heteroatoms. The van der Waals surface area contributed by atoms with E-state index < -0.39 is 10.1 Å². The van der Waals surface area contributed by atoms with Crippen LogP contribution in [0.1, 0.15) is 19.4 Å². The first-order chi connectivity index (χ1) is 10.9. The highest BCUT2D eigenvalue weighted by molar-refractivity contribution is 7.87.